The Morgan fingerprint density at radius 2 is 2.07 bits per heavy atom. The number of hydrogen-bond acceptors (Lipinski definition) is 4. The molecule has 2 N–H and O–H groups in total. The van der Waals surface area contributed by atoms with Crippen molar-refractivity contribution in [1.29, 1.82) is 0 Å². The molecule has 4 heteroatoms. The van der Waals surface area contributed by atoms with Crippen LogP contribution in [0.15, 0.2) is 18.2 Å². The molecule has 0 saturated heterocycles. The summed E-state index contributed by atoms with van der Waals surface area (Å²) in [6, 6.07) is 5.60. The average molecular weight is 210 g/mol. The molecule has 0 fully saturated rings. The Balaban J connectivity index is 2.92. The maximum Gasteiger partial charge on any atom is 0.143 e. The van der Waals surface area contributed by atoms with Gasteiger partial charge in [-0.2, -0.15) is 0 Å². The number of nitrogens with two attached hydrogens (primary N) is 1. The van der Waals surface area contributed by atoms with Crippen molar-refractivity contribution in [2.24, 2.45) is 0 Å². The van der Waals surface area contributed by atoms with Gasteiger partial charge in [0.2, 0.25) is 0 Å². The molecular formula is C11H18N2O2. The number of rotatable bonds is 5. The first-order valence-electron chi connectivity index (χ1n) is 5.06. The van der Waals surface area contributed by atoms with E-state index in [1.54, 1.807) is 7.11 Å². The fourth-order valence-electron chi connectivity index (χ4n) is 1.36. The molecule has 0 amide bonds. The summed E-state index contributed by atoms with van der Waals surface area (Å²) in [4.78, 5) is 5.45. The van der Waals surface area contributed by atoms with Crippen LogP contribution in [0.1, 0.15) is 13.8 Å². The summed E-state index contributed by atoms with van der Waals surface area (Å²) in [6.45, 7) is 5.40. The van der Waals surface area contributed by atoms with E-state index in [0.717, 1.165) is 12.2 Å². The average Bonchev–Trinajstić information content (AvgIpc) is 2.27. The van der Waals surface area contributed by atoms with E-state index in [4.69, 9.17) is 15.3 Å². The number of hydroxylamine groups is 1. The van der Waals surface area contributed by atoms with Crippen molar-refractivity contribution >= 4 is 11.4 Å². The molecule has 0 aliphatic rings. The zero-order valence-electron chi connectivity index (χ0n) is 9.49. The first-order chi connectivity index (χ1) is 7.22. The summed E-state index contributed by atoms with van der Waals surface area (Å²) in [5, 5.41) is 1.81. The van der Waals surface area contributed by atoms with E-state index in [2.05, 4.69) is 0 Å². The van der Waals surface area contributed by atoms with Gasteiger partial charge in [0, 0.05) is 12.6 Å². The van der Waals surface area contributed by atoms with Gasteiger partial charge in [-0.3, -0.25) is 9.90 Å². The van der Waals surface area contributed by atoms with Gasteiger partial charge in [-0.1, -0.05) is 0 Å². The van der Waals surface area contributed by atoms with Crippen LogP contribution in [0.3, 0.4) is 0 Å². The quantitative estimate of drug-likeness (QED) is 0.597. The Bertz CT molecular complexity index is 315. The molecule has 0 heterocycles. The van der Waals surface area contributed by atoms with E-state index < -0.39 is 0 Å². The molecule has 4 nitrogen and oxygen atoms in total. The molecule has 15 heavy (non-hydrogen) atoms. The molecule has 0 aliphatic carbocycles. The highest BCUT2D eigenvalue weighted by Crippen LogP contribution is 2.27. The largest absolute Gasteiger partial charge is 0.495 e. The van der Waals surface area contributed by atoms with Gasteiger partial charge in [-0.05, 0) is 26.0 Å². The van der Waals surface area contributed by atoms with Crippen LogP contribution in [-0.4, -0.2) is 20.3 Å². The molecule has 84 valence electrons. The summed E-state index contributed by atoms with van der Waals surface area (Å²) >= 11 is 0. The van der Waals surface area contributed by atoms with E-state index in [-0.39, 0.29) is 0 Å². The molecule has 0 unspecified atom stereocenters. The van der Waals surface area contributed by atoms with Gasteiger partial charge in [0.1, 0.15) is 5.75 Å². The molecule has 1 aromatic rings. The van der Waals surface area contributed by atoms with Gasteiger partial charge in [0.15, 0.2) is 0 Å². The highest BCUT2D eigenvalue weighted by atomic mass is 16.7. The molecule has 0 radical (unpaired) electrons. The first kappa shape index (κ1) is 11.7. The summed E-state index contributed by atoms with van der Waals surface area (Å²) in [5.41, 5.74) is 7.31. The normalized spacial score (nSPS) is 10.1. The van der Waals surface area contributed by atoms with Crippen molar-refractivity contribution in [2.75, 3.05) is 31.1 Å². The van der Waals surface area contributed by atoms with Crippen molar-refractivity contribution < 1.29 is 9.57 Å². The van der Waals surface area contributed by atoms with Crippen LogP contribution in [0, 0.1) is 0 Å². The smallest absolute Gasteiger partial charge is 0.143 e. The van der Waals surface area contributed by atoms with Crippen LogP contribution in [-0.2, 0) is 4.84 Å². The van der Waals surface area contributed by atoms with Crippen LogP contribution in [0.5, 0.6) is 5.75 Å². The van der Waals surface area contributed by atoms with Crippen LogP contribution in [0.25, 0.3) is 0 Å². The minimum absolute atomic E-state index is 0.633. The summed E-state index contributed by atoms with van der Waals surface area (Å²) < 4.78 is 5.15. The molecule has 1 rings (SSSR count). The van der Waals surface area contributed by atoms with E-state index >= 15 is 0 Å². The van der Waals surface area contributed by atoms with Crippen molar-refractivity contribution in [1.82, 2.24) is 0 Å². The minimum Gasteiger partial charge on any atom is -0.495 e. The first-order valence-corrected chi connectivity index (χ1v) is 5.06. The van der Waals surface area contributed by atoms with Gasteiger partial charge in [0.05, 0.1) is 25.1 Å². The number of methoxy groups -OCH3 is 1. The fourth-order valence-corrected chi connectivity index (χ4v) is 1.36. The van der Waals surface area contributed by atoms with Crippen molar-refractivity contribution in [3.05, 3.63) is 18.2 Å². The number of benzene rings is 1. The number of hydrogen-bond donors (Lipinski definition) is 1. The lowest BCUT2D eigenvalue weighted by Gasteiger charge is -2.22. The second kappa shape index (κ2) is 5.46. The second-order valence-corrected chi connectivity index (χ2v) is 3.04. The van der Waals surface area contributed by atoms with Gasteiger partial charge in [-0.15, -0.1) is 0 Å². The predicted octanol–water partition coefficient (Wildman–Crippen LogP) is 2.06. The maximum absolute atomic E-state index is 5.73. The zero-order chi connectivity index (χ0) is 11.3. The zero-order valence-corrected chi connectivity index (χ0v) is 9.49. The van der Waals surface area contributed by atoms with E-state index in [1.807, 2.05) is 37.1 Å². The van der Waals surface area contributed by atoms with Gasteiger partial charge >= 0.3 is 0 Å². The highest BCUT2D eigenvalue weighted by Gasteiger charge is 2.07. The van der Waals surface area contributed by atoms with Gasteiger partial charge in [-0.25, -0.2) is 0 Å². The van der Waals surface area contributed by atoms with Crippen LogP contribution in [0.4, 0.5) is 11.4 Å². The fraction of sp³-hybridized carbons (Fsp3) is 0.455. The highest BCUT2D eigenvalue weighted by molar-refractivity contribution is 5.61. The van der Waals surface area contributed by atoms with Crippen LogP contribution >= 0.6 is 0 Å². The molecule has 0 atom stereocenters. The third-order valence-corrected chi connectivity index (χ3v) is 2.08. The number of nitrogen functional groups attached to an aromatic ring is 1. The van der Waals surface area contributed by atoms with Gasteiger partial charge in [0.25, 0.3) is 0 Å². The lowest BCUT2D eigenvalue weighted by molar-refractivity contribution is 0.123. The predicted molar refractivity (Wildman–Crippen MR) is 62.1 cm³/mol. The lowest BCUT2D eigenvalue weighted by Crippen LogP contribution is -2.22. The minimum atomic E-state index is 0.633. The van der Waals surface area contributed by atoms with E-state index in [0.29, 0.717) is 18.0 Å². The second-order valence-electron chi connectivity index (χ2n) is 3.04. The van der Waals surface area contributed by atoms with Crippen LogP contribution in [0.2, 0.25) is 0 Å². The number of ether oxygens (including phenoxy) is 1. The number of nitrogens with zero attached hydrogens (tertiary/aromatic N) is 1. The lowest BCUT2D eigenvalue weighted by atomic mass is 10.2. The molecule has 0 aromatic heterocycles. The van der Waals surface area contributed by atoms with Crippen molar-refractivity contribution in [3.63, 3.8) is 0 Å². The topological polar surface area (TPSA) is 47.7 Å². The summed E-state index contributed by atoms with van der Waals surface area (Å²) in [6.07, 6.45) is 0. The SMILES string of the molecule is CCON(CC)c1ccc(N)c(OC)c1. The van der Waals surface area contributed by atoms with E-state index in [9.17, 15) is 0 Å². The van der Waals surface area contributed by atoms with E-state index in [1.165, 1.54) is 0 Å². The summed E-state index contributed by atoms with van der Waals surface area (Å²) in [7, 11) is 1.60. The van der Waals surface area contributed by atoms with Crippen molar-refractivity contribution in [2.45, 2.75) is 13.8 Å². The number of anilines is 2. The standard InChI is InChI=1S/C11H18N2O2/c1-4-13(15-5-2)9-6-7-10(12)11(8-9)14-3/h6-8H,4-5,12H2,1-3H3. The molecule has 0 spiro atoms. The Kier molecular flexibility index (Phi) is 4.24. The molecular weight excluding hydrogens is 192 g/mol. The Morgan fingerprint density at radius 1 is 1.33 bits per heavy atom. The Labute approximate surface area is 90.5 Å². The maximum atomic E-state index is 5.73. The third-order valence-electron chi connectivity index (χ3n) is 2.08. The molecule has 0 saturated carbocycles. The monoisotopic (exact) mass is 210 g/mol. The van der Waals surface area contributed by atoms with Crippen molar-refractivity contribution in [3.8, 4) is 5.75 Å². The molecule has 0 aliphatic heterocycles. The summed E-state index contributed by atoms with van der Waals surface area (Å²) in [5.74, 6) is 0.672. The Hall–Kier alpha value is -1.42. The van der Waals surface area contributed by atoms with Crippen LogP contribution < -0.4 is 15.5 Å². The van der Waals surface area contributed by atoms with Gasteiger partial charge < -0.3 is 10.5 Å². The molecule has 0 bridgehead atoms. The third kappa shape index (κ3) is 2.76. The Morgan fingerprint density at radius 3 is 2.60 bits per heavy atom. The molecule has 1 aromatic carbocycles.